The van der Waals surface area contributed by atoms with Crippen molar-refractivity contribution in [3.8, 4) is 0 Å². The maximum Gasteiger partial charge on any atom is 0.397 e. The van der Waals surface area contributed by atoms with Gasteiger partial charge in [0.1, 0.15) is 0 Å². The zero-order valence-electron chi connectivity index (χ0n) is 21.0. The number of fused-ring (bicyclic) bond motifs is 5. The maximum absolute atomic E-state index is 11.2. The third kappa shape index (κ3) is 4.60. The second-order valence-electron chi connectivity index (χ2n) is 12.7. The average molecular weight is 467 g/mol. The smallest absolute Gasteiger partial charge is 0.264 e. The van der Waals surface area contributed by atoms with Gasteiger partial charge in [-0.15, -0.1) is 0 Å². The lowest BCUT2D eigenvalue weighted by molar-refractivity contribution is -0.0560. The van der Waals surface area contributed by atoms with E-state index in [1.54, 1.807) is 0 Å². The molecule has 0 saturated heterocycles. The molecule has 0 radical (unpaired) electrons. The lowest BCUT2D eigenvalue weighted by atomic mass is 9.47. The molecule has 4 rings (SSSR count). The van der Waals surface area contributed by atoms with E-state index in [-0.39, 0.29) is 5.41 Å². The fourth-order valence-corrected chi connectivity index (χ4v) is 9.41. The van der Waals surface area contributed by atoms with Crippen LogP contribution in [0.15, 0.2) is 11.6 Å². The monoisotopic (exact) mass is 466 g/mol. The first-order valence-corrected chi connectivity index (χ1v) is 14.7. The maximum atomic E-state index is 11.2. The molecule has 0 aliphatic heterocycles. The molecule has 8 atom stereocenters. The molecule has 4 aliphatic rings. The summed E-state index contributed by atoms with van der Waals surface area (Å²) in [7, 11) is -4.38. The van der Waals surface area contributed by atoms with Crippen LogP contribution in [0.5, 0.6) is 0 Å². The molecule has 0 spiro atoms. The van der Waals surface area contributed by atoms with E-state index in [4.69, 9.17) is 8.74 Å². The molecule has 0 aromatic carbocycles. The minimum atomic E-state index is -4.38. The predicted octanol–water partition coefficient (Wildman–Crippen LogP) is 7.22. The molecule has 4 nitrogen and oxygen atoms in total. The first kappa shape index (κ1) is 24.7. The lowest BCUT2D eigenvalue weighted by Gasteiger charge is -2.58. The highest BCUT2D eigenvalue weighted by Crippen LogP contribution is 2.67. The average Bonchev–Trinajstić information content (AvgIpc) is 3.04. The Balaban J connectivity index is 1.47. The van der Waals surface area contributed by atoms with Crippen LogP contribution < -0.4 is 0 Å². The summed E-state index contributed by atoms with van der Waals surface area (Å²) in [6, 6.07) is 0. The van der Waals surface area contributed by atoms with E-state index >= 15 is 0 Å². The van der Waals surface area contributed by atoms with E-state index in [0.717, 1.165) is 42.4 Å². The van der Waals surface area contributed by atoms with Crippen molar-refractivity contribution >= 4 is 10.4 Å². The van der Waals surface area contributed by atoms with Crippen molar-refractivity contribution in [2.24, 2.45) is 46.3 Å². The topological polar surface area (TPSA) is 63.6 Å². The van der Waals surface area contributed by atoms with Crippen molar-refractivity contribution in [2.75, 3.05) is 0 Å². The highest BCUT2D eigenvalue weighted by Gasteiger charge is 2.59. The Morgan fingerprint density at radius 3 is 2.50 bits per heavy atom. The second-order valence-corrected chi connectivity index (χ2v) is 13.7. The minimum absolute atomic E-state index is 0.171. The number of hydrogen-bond acceptors (Lipinski definition) is 3. The van der Waals surface area contributed by atoms with Gasteiger partial charge in [0, 0.05) is 0 Å². The molecule has 0 bridgehead atoms. The molecular weight excluding hydrogens is 420 g/mol. The van der Waals surface area contributed by atoms with E-state index in [1.165, 1.54) is 50.5 Å². The van der Waals surface area contributed by atoms with Crippen LogP contribution in [-0.2, 0) is 14.6 Å². The van der Waals surface area contributed by atoms with Crippen LogP contribution in [0, 0.1) is 46.3 Å². The quantitative estimate of drug-likeness (QED) is 0.318. The Kier molecular flexibility index (Phi) is 6.95. The van der Waals surface area contributed by atoms with Crippen molar-refractivity contribution in [2.45, 2.75) is 111 Å². The predicted molar refractivity (Wildman–Crippen MR) is 129 cm³/mol. The summed E-state index contributed by atoms with van der Waals surface area (Å²) in [5, 5.41) is 0. The highest BCUT2D eigenvalue weighted by molar-refractivity contribution is 7.80. The molecule has 184 valence electrons. The van der Waals surface area contributed by atoms with Crippen LogP contribution in [-0.4, -0.2) is 19.1 Å². The molecule has 0 amide bonds. The minimum Gasteiger partial charge on any atom is -0.264 e. The molecule has 0 unspecified atom stereocenters. The highest BCUT2D eigenvalue weighted by atomic mass is 32.3. The van der Waals surface area contributed by atoms with E-state index in [2.05, 4.69) is 40.7 Å². The van der Waals surface area contributed by atoms with Crippen molar-refractivity contribution in [1.82, 2.24) is 0 Å². The van der Waals surface area contributed by atoms with Crippen LogP contribution in [0.4, 0.5) is 0 Å². The summed E-state index contributed by atoms with van der Waals surface area (Å²) < 4.78 is 36.6. The summed E-state index contributed by atoms with van der Waals surface area (Å²) in [4.78, 5) is 0. The summed E-state index contributed by atoms with van der Waals surface area (Å²) in [5.41, 5.74) is 2.05. The van der Waals surface area contributed by atoms with Crippen molar-refractivity contribution in [3.05, 3.63) is 11.6 Å². The second kappa shape index (κ2) is 9.00. The zero-order chi connectivity index (χ0) is 23.3. The molecule has 0 heterocycles. The van der Waals surface area contributed by atoms with E-state index in [1.807, 2.05) is 0 Å². The van der Waals surface area contributed by atoms with Gasteiger partial charge in [-0.1, -0.05) is 65.5 Å². The van der Waals surface area contributed by atoms with E-state index in [0.29, 0.717) is 24.2 Å². The normalized spacial score (nSPS) is 42.7. The third-order valence-electron chi connectivity index (χ3n) is 10.5. The van der Waals surface area contributed by atoms with Crippen LogP contribution >= 0.6 is 0 Å². The first-order chi connectivity index (χ1) is 14.9. The molecular formula is C27H46O4S. The molecule has 3 saturated carbocycles. The van der Waals surface area contributed by atoms with E-state index < -0.39 is 16.5 Å². The zero-order valence-corrected chi connectivity index (χ0v) is 21.8. The SMILES string of the molecule is CC(C)CCC[C@@H](C)[C@H]1CC[C@H]2[C@@H]3CC=C4C[C@H](OS(=O)(=O)O)CC[C@@]4(C)[C@@H]3CC[C@]12C. The van der Waals surface area contributed by atoms with Crippen molar-refractivity contribution in [1.29, 1.82) is 0 Å². The first-order valence-electron chi connectivity index (χ1n) is 13.3. The molecule has 0 aromatic heterocycles. The molecule has 5 heteroatoms. The summed E-state index contributed by atoms with van der Waals surface area (Å²) >= 11 is 0. The van der Waals surface area contributed by atoms with Crippen molar-refractivity contribution < 1.29 is 17.2 Å². The van der Waals surface area contributed by atoms with Gasteiger partial charge in [-0.2, -0.15) is 8.42 Å². The molecule has 0 aromatic rings. The Hall–Kier alpha value is -0.390. The van der Waals surface area contributed by atoms with Gasteiger partial charge in [0.15, 0.2) is 0 Å². The van der Waals surface area contributed by atoms with Crippen LogP contribution in [0.1, 0.15) is 105 Å². The van der Waals surface area contributed by atoms with Crippen LogP contribution in [0.25, 0.3) is 0 Å². The third-order valence-corrected chi connectivity index (χ3v) is 11.0. The fourth-order valence-electron chi connectivity index (χ4n) is 8.91. The number of rotatable bonds is 7. The van der Waals surface area contributed by atoms with Gasteiger partial charge >= 0.3 is 10.4 Å². The molecule has 4 aliphatic carbocycles. The molecule has 3 fully saturated rings. The van der Waals surface area contributed by atoms with Crippen LogP contribution in [0.2, 0.25) is 0 Å². The summed E-state index contributed by atoms with van der Waals surface area (Å²) in [6.45, 7) is 12.3. The van der Waals surface area contributed by atoms with Gasteiger partial charge in [-0.05, 0) is 97.7 Å². The van der Waals surface area contributed by atoms with Crippen LogP contribution in [0.3, 0.4) is 0 Å². The number of hydrogen-bond donors (Lipinski definition) is 1. The summed E-state index contributed by atoms with van der Waals surface area (Å²) in [6.07, 6.45) is 15.1. The Bertz CT molecular complexity index is 818. The molecule has 32 heavy (non-hydrogen) atoms. The summed E-state index contributed by atoms with van der Waals surface area (Å²) in [5.74, 6) is 4.83. The van der Waals surface area contributed by atoms with Gasteiger partial charge in [0.05, 0.1) is 6.10 Å². The van der Waals surface area contributed by atoms with Gasteiger partial charge < -0.3 is 0 Å². The molecule has 1 N–H and O–H groups in total. The largest absolute Gasteiger partial charge is 0.397 e. The van der Waals surface area contributed by atoms with Gasteiger partial charge in [0.25, 0.3) is 0 Å². The van der Waals surface area contributed by atoms with E-state index in [9.17, 15) is 8.42 Å². The van der Waals surface area contributed by atoms with Gasteiger partial charge in [-0.25, -0.2) is 4.18 Å². The fraction of sp³-hybridized carbons (Fsp3) is 0.926. The van der Waals surface area contributed by atoms with Gasteiger partial charge in [0.2, 0.25) is 0 Å². The number of allylic oxidation sites excluding steroid dienone is 1. The lowest BCUT2D eigenvalue weighted by Crippen LogP contribution is -2.51. The van der Waals surface area contributed by atoms with Gasteiger partial charge in [-0.3, -0.25) is 4.55 Å². The van der Waals surface area contributed by atoms with Crippen molar-refractivity contribution in [3.63, 3.8) is 0 Å². The standard InChI is InChI=1S/C27H46O4S/c1-18(2)7-6-8-19(3)23-11-12-24-22-10-9-20-17-21(31-32(28,29)30)13-15-26(20,4)25(22)14-16-27(23,24)5/h9,18-19,21-25H,6-8,10-17H2,1-5H3,(H,28,29,30)/t19-,21-,22+,23-,24+,25-,26-,27-/m1/s1. The Morgan fingerprint density at radius 1 is 1.06 bits per heavy atom. The Labute approximate surface area is 196 Å². The Morgan fingerprint density at radius 2 is 1.81 bits per heavy atom.